The Balaban J connectivity index is 0.570. The summed E-state index contributed by atoms with van der Waals surface area (Å²) in [6.45, 7) is 14.2. The third kappa shape index (κ3) is 10.9. The minimum Gasteiger partial charge on any atom is -0.309 e. The van der Waals surface area contributed by atoms with E-state index in [0.717, 1.165) is 127 Å². The quantitative estimate of drug-likeness (QED) is 0.137. The molecule has 3 aliphatic rings. The molecule has 0 fully saturated rings. The van der Waals surface area contributed by atoms with Gasteiger partial charge in [0.1, 0.15) is 11.6 Å². The first-order chi connectivity index (χ1) is 68.2. The number of fused-ring (bicyclic) bond motifs is 28. The Bertz CT molecular complexity index is 9800. The zero-order valence-electron chi connectivity index (χ0n) is 77.5. The molecule has 8 heteroatoms. The molecule has 0 saturated carbocycles. The molecule has 0 radical (unpaired) electrons. The summed E-state index contributed by atoms with van der Waals surface area (Å²) >= 11 is 0. The van der Waals surface area contributed by atoms with Crippen molar-refractivity contribution >= 4 is 142 Å². The first-order valence-corrected chi connectivity index (χ1v) is 48.6. The number of hydrogen-bond donors (Lipinski definition) is 0. The van der Waals surface area contributed by atoms with Crippen molar-refractivity contribution in [3.8, 4) is 113 Å². The molecule has 0 saturated heterocycles. The lowest BCUT2D eigenvalue weighted by Crippen LogP contribution is -2.15. The van der Waals surface area contributed by atoms with Gasteiger partial charge in [-0.1, -0.05) is 302 Å². The Kier molecular flexibility index (Phi) is 15.9. The first kappa shape index (κ1) is 77.9. The molecule has 652 valence electrons. The minimum atomic E-state index is -0.136. The van der Waals surface area contributed by atoms with Crippen molar-refractivity contribution in [2.75, 3.05) is 0 Å². The van der Waals surface area contributed by atoms with Gasteiger partial charge in [0.25, 0.3) is 0 Å². The molecule has 8 nitrogen and oxygen atoms in total. The molecule has 27 aromatic rings. The van der Waals surface area contributed by atoms with Gasteiger partial charge in [0, 0.05) is 115 Å². The average Bonchev–Trinajstić information content (AvgIpc) is 1.58. The predicted octanol–water partition coefficient (Wildman–Crippen LogP) is 33.8. The Hall–Kier alpha value is -17.5. The van der Waals surface area contributed by atoms with Crippen LogP contribution in [0.25, 0.3) is 254 Å². The van der Waals surface area contributed by atoms with Crippen LogP contribution in [0.5, 0.6) is 0 Å². The fraction of sp³-hybridized carbons (Fsp3) is 0.0687. The molecule has 7 heterocycles. The third-order valence-corrected chi connectivity index (χ3v) is 32.1. The molecular formula is C131H88N8. The minimum absolute atomic E-state index is 0.124. The zero-order chi connectivity index (χ0) is 91.9. The van der Waals surface area contributed by atoms with Gasteiger partial charge >= 0.3 is 0 Å². The molecule has 0 aliphatic heterocycles. The molecule has 3 aliphatic carbocycles. The fourth-order valence-electron chi connectivity index (χ4n) is 25.4. The highest BCUT2D eigenvalue weighted by Gasteiger charge is 2.40. The van der Waals surface area contributed by atoms with E-state index in [2.05, 4.69) is 494 Å². The highest BCUT2D eigenvalue weighted by Crippen LogP contribution is 2.55. The number of rotatable bonds is 10. The van der Waals surface area contributed by atoms with Gasteiger partial charge in [0.05, 0.1) is 71.9 Å². The third-order valence-electron chi connectivity index (χ3n) is 32.1. The average molecular weight is 1770 g/mol. The van der Waals surface area contributed by atoms with Crippen LogP contribution in [0.2, 0.25) is 0 Å². The highest BCUT2D eigenvalue weighted by atomic mass is 15.1. The van der Waals surface area contributed by atoms with E-state index in [-0.39, 0.29) is 16.2 Å². The van der Waals surface area contributed by atoms with Gasteiger partial charge in [0.2, 0.25) is 0 Å². The van der Waals surface area contributed by atoms with Crippen LogP contribution in [-0.2, 0) is 16.2 Å². The number of benzene rings is 20. The summed E-state index contributed by atoms with van der Waals surface area (Å²) in [5, 5.41) is 16.3. The second kappa shape index (κ2) is 28.3. The highest BCUT2D eigenvalue weighted by molar-refractivity contribution is 6.18. The Morgan fingerprint density at radius 2 is 0.388 bits per heavy atom. The number of para-hydroxylation sites is 6. The number of hydrogen-bond acceptors (Lipinski definition) is 2. The molecule has 0 unspecified atom stereocenters. The molecular weight excluding hydrogens is 1690 g/mol. The van der Waals surface area contributed by atoms with Crippen LogP contribution in [0.3, 0.4) is 0 Å². The maximum Gasteiger partial charge on any atom is 0.164 e. The van der Waals surface area contributed by atoms with Crippen molar-refractivity contribution in [1.29, 1.82) is 0 Å². The Morgan fingerprint density at radius 3 is 0.705 bits per heavy atom. The topological polar surface area (TPSA) is 55.4 Å². The van der Waals surface area contributed by atoms with E-state index < -0.39 is 0 Å². The van der Waals surface area contributed by atoms with E-state index in [9.17, 15) is 0 Å². The van der Waals surface area contributed by atoms with E-state index in [4.69, 9.17) is 9.97 Å². The van der Waals surface area contributed by atoms with Crippen molar-refractivity contribution in [1.82, 2.24) is 37.4 Å². The smallest absolute Gasteiger partial charge is 0.164 e. The second-order valence-electron chi connectivity index (χ2n) is 40.3. The van der Waals surface area contributed by atoms with Crippen LogP contribution >= 0.6 is 0 Å². The summed E-state index contributed by atoms with van der Waals surface area (Å²) in [5.74, 6) is 2.11. The number of nitrogens with zero attached hydrogens (tertiary/aromatic N) is 8. The van der Waals surface area contributed by atoms with Crippen molar-refractivity contribution in [2.45, 2.75) is 57.8 Å². The maximum absolute atomic E-state index is 5.96. The van der Waals surface area contributed by atoms with Crippen LogP contribution in [-0.4, -0.2) is 37.4 Å². The number of aromatic nitrogens is 8. The largest absolute Gasteiger partial charge is 0.309 e. The summed E-state index contributed by atoms with van der Waals surface area (Å²) in [7, 11) is 0. The lowest BCUT2D eigenvalue weighted by molar-refractivity contribution is 0.660. The van der Waals surface area contributed by atoms with Gasteiger partial charge in [0.15, 0.2) is 5.82 Å². The maximum atomic E-state index is 5.96. The van der Waals surface area contributed by atoms with Gasteiger partial charge in [-0.25, -0.2) is 9.97 Å². The van der Waals surface area contributed by atoms with Gasteiger partial charge in [-0.2, -0.15) is 0 Å². The molecule has 0 spiro atoms. The molecule has 30 rings (SSSR count). The van der Waals surface area contributed by atoms with E-state index in [1.807, 2.05) is 0 Å². The van der Waals surface area contributed by atoms with E-state index in [1.165, 1.54) is 154 Å². The zero-order valence-corrected chi connectivity index (χ0v) is 77.5. The summed E-state index contributed by atoms with van der Waals surface area (Å²) in [6.07, 6.45) is 0. The molecule has 0 bridgehead atoms. The van der Waals surface area contributed by atoms with Crippen molar-refractivity contribution in [2.24, 2.45) is 0 Å². The SMILES string of the molecule is CC1(C)c2ccccc2-c2ccc(-n3c4ccccc4c4cc(-c5ccc6c(c5)c5ccccc5n6-c5cc(-n6c7ccccc7c7cc(-c8ccc9c(c8)c8ccccc8n9-c8ccc9c(c8)C(C)(C)c8ccccc8-9)ccc76)nc(-c6ccc(-n7c8ccccc8c8cc(-c9ccc%10c(c9)c9ccccc9n%10-c9ccc%10c(c9)C(C)(C)c9ccccc9-%10)ccc87)c7ccccc67)n5)ccc43)cc21. The Labute approximate surface area is 801 Å². The summed E-state index contributed by atoms with van der Waals surface area (Å²) < 4.78 is 14.7. The van der Waals surface area contributed by atoms with Gasteiger partial charge in [-0.15, -0.1) is 0 Å². The molecule has 139 heavy (non-hydrogen) atoms. The molecule has 0 amide bonds. The summed E-state index contributed by atoms with van der Waals surface area (Å²) in [4.78, 5) is 11.9. The van der Waals surface area contributed by atoms with Crippen LogP contribution in [0.4, 0.5) is 0 Å². The van der Waals surface area contributed by atoms with E-state index in [0.29, 0.717) is 5.82 Å². The summed E-state index contributed by atoms with van der Waals surface area (Å²) in [5.41, 5.74) is 41.6. The van der Waals surface area contributed by atoms with Crippen molar-refractivity contribution in [3.05, 3.63) is 458 Å². The van der Waals surface area contributed by atoms with Crippen LogP contribution in [0.1, 0.15) is 74.9 Å². The molecule has 20 aromatic carbocycles. The van der Waals surface area contributed by atoms with E-state index >= 15 is 0 Å². The van der Waals surface area contributed by atoms with Crippen LogP contribution < -0.4 is 0 Å². The predicted molar refractivity (Wildman–Crippen MR) is 580 cm³/mol. The van der Waals surface area contributed by atoms with Crippen LogP contribution in [0, 0.1) is 0 Å². The standard InChI is InChI=1S/C131H88N8/c1-129(2)107-38-18-9-28-87(107)90-56-53-83(73-110(90)129)134-113-41-21-12-32-94(113)101-67-77(47-60-120(101)134)80-50-63-123-104(70-80)97-35-15-24-44-116(97)137(123)119-66-59-100(86-27-7-8-31-93(86)119)128-132-126(138-117-45-25-16-36-98(117)105-71-81(51-64-124(105)138)78-48-61-121-102(68-78)95-33-13-22-42-114(95)135(121)84-54-57-91-88-29-10-19-39-108(88)130(3,4)111(91)74-84)76-127(133-128)139-118-46-26-17-37-99(118)106-72-82(52-65-125(106)139)79-49-62-122-103(69-79)96-34-14-23-43-115(96)136(122)85-55-58-92-89-30-11-20-40-109(89)131(5,6)112(92)75-85/h7-76H,1-6H3. The Morgan fingerprint density at radius 1 is 0.158 bits per heavy atom. The van der Waals surface area contributed by atoms with Gasteiger partial charge in [-0.05, 0) is 263 Å². The van der Waals surface area contributed by atoms with E-state index in [1.54, 1.807) is 0 Å². The van der Waals surface area contributed by atoms with Crippen molar-refractivity contribution in [3.63, 3.8) is 0 Å². The summed E-state index contributed by atoms with van der Waals surface area (Å²) in [6, 6.07) is 160. The lowest BCUT2D eigenvalue weighted by atomic mass is 9.82. The van der Waals surface area contributed by atoms with Crippen molar-refractivity contribution < 1.29 is 0 Å². The fourth-order valence-corrected chi connectivity index (χ4v) is 25.4. The monoisotopic (exact) mass is 1770 g/mol. The van der Waals surface area contributed by atoms with Gasteiger partial charge < -0.3 is 18.3 Å². The second-order valence-corrected chi connectivity index (χ2v) is 40.3. The normalized spacial score (nSPS) is 13.9. The lowest BCUT2D eigenvalue weighted by Gasteiger charge is -2.22. The molecule has 7 aromatic heterocycles. The molecule has 0 N–H and O–H groups in total. The molecule has 0 atom stereocenters. The van der Waals surface area contributed by atoms with Crippen LogP contribution in [0.15, 0.2) is 425 Å². The first-order valence-electron chi connectivity index (χ1n) is 48.6. The van der Waals surface area contributed by atoms with Gasteiger partial charge in [-0.3, -0.25) is 9.13 Å².